The Kier molecular flexibility index (Phi) is 9.33. The quantitative estimate of drug-likeness (QED) is 0.273. The van der Waals surface area contributed by atoms with Gasteiger partial charge in [0, 0.05) is 68.5 Å². The fourth-order valence-electron chi connectivity index (χ4n) is 3.32. The SMILES string of the molecule is CCOc1ccc(C(=O)c2cc(C3CC(OC(C)=O)C[CH-]O3)ccc2C)cc1.[Ac]. The second-order valence-electron chi connectivity index (χ2n) is 6.86. The third-order valence-corrected chi connectivity index (χ3v) is 4.73. The Morgan fingerprint density at radius 2 is 1.90 bits per heavy atom. The van der Waals surface area contributed by atoms with Gasteiger partial charge in [0.1, 0.15) is 5.75 Å². The van der Waals surface area contributed by atoms with E-state index >= 15 is 0 Å². The number of carbonyl (C=O) groups excluding carboxylic acids is 2. The van der Waals surface area contributed by atoms with Crippen molar-refractivity contribution in [1.29, 1.82) is 0 Å². The van der Waals surface area contributed by atoms with Gasteiger partial charge in [-0.25, -0.2) is 6.61 Å². The molecular formula is C23H25AcO5-. The van der Waals surface area contributed by atoms with Gasteiger partial charge in [0.25, 0.3) is 0 Å². The van der Waals surface area contributed by atoms with Crippen molar-refractivity contribution in [3.8, 4) is 5.75 Å². The van der Waals surface area contributed by atoms with Gasteiger partial charge in [-0.3, -0.25) is 9.59 Å². The topological polar surface area (TPSA) is 61.8 Å². The van der Waals surface area contributed by atoms with Gasteiger partial charge in [0.15, 0.2) is 5.78 Å². The number of rotatable bonds is 6. The fraction of sp³-hybridized carbons (Fsp3) is 0.348. The minimum absolute atomic E-state index is 0. The first-order valence-electron chi connectivity index (χ1n) is 9.50. The minimum atomic E-state index is -0.297. The van der Waals surface area contributed by atoms with E-state index in [4.69, 9.17) is 14.2 Å². The second kappa shape index (κ2) is 11.2. The van der Waals surface area contributed by atoms with Gasteiger partial charge < -0.3 is 14.2 Å². The Morgan fingerprint density at radius 1 is 1.17 bits per heavy atom. The smallest absolute Gasteiger partial charge is 0.302 e. The van der Waals surface area contributed by atoms with Crippen molar-refractivity contribution in [3.63, 3.8) is 0 Å². The fourth-order valence-corrected chi connectivity index (χ4v) is 3.32. The molecule has 1 aliphatic rings. The van der Waals surface area contributed by atoms with E-state index in [-0.39, 0.29) is 68.0 Å². The maximum Gasteiger partial charge on any atom is 0.302 e. The predicted molar refractivity (Wildman–Crippen MR) is 105 cm³/mol. The summed E-state index contributed by atoms with van der Waals surface area (Å²) < 4.78 is 16.5. The first kappa shape index (κ1) is 24.1. The zero-order chi connectivity index (χ0) is 20.1. The summed E-state index contributed by atoms with van der Waals surface area (Å²) in [6.45, 7) is 7.51. The van der Waals surface area contributed by atoms with Gasteiger partial charge in [0.05, 0.1) is 18.8 Å². The summed E-state index contributed by atoms with van der Waals surface area (Å²) in [7, 11) is 0. The summed E-state index contributed by atoms with van der Waals surface area (Å²) in [6, 6.07) is 12.9. The summed E-state index contributed by atoms with van der Waals surface area (Å²) in [6.07, 6.45) is 0.684. The van der Waals surface area contributed by atoms with Gasteiger partial charge in [-0.15, -0.1) is 6.42 Å². The molecule has 0 aliphatic carbocycles. The van der Waals surface area contributed by atoms with E-state index in [1.807, 2.05) is 32.0 Å². The zero-order valence-corrected chi connectivity index (χ0v) is 21.8. The molecule has 1 aliphatic heterocycles. The number of hydrogen-bond acceptors (Lipinski definition) is 5. The van der Waals surface area contributed by atoms with Crippen LogP contribution in [-0.2, 0) is 14.3 Å². The molecule has 0 aromatic heterocycles. The molecule has 2 atom stereocenters. The first-order chi connectivity index (χ1) is 13.5. The molecule has 1 fully saturated rings. The van der Waals surface area contributed by atoms with Crippen molar-refractivity contribution >= 4 is 11.8 Å². The molecule has 1 radical (unpaired) electrons. The third kappa shape index (κ3) is 6.38. The van der Waals surface area contributed by atoms with Gasteiger partial charge in [-0.05, 0) is 55.3 Å². The molecule has 2 aromatic rings. The summed E-state index contributed by atoms with van der Waals surface area (Å²) >= 11 is 0. The molecule has 151 valence electrons. The zero-order valence-electron chi connectivity index (χ0n) is 17.0. The number of aryl methyl sites for hydroxylation is 1. The van der Waals surface area contributed by atoms with Crippen molar-refractivity contribution in [2.24, 2.45) is 0 Å². The Bertz CT molecular complexity index is 847. The summed E-state index contributed by atoms with van der Waals surface area (Å²) in [4.78, 5) is 24.3. The van der Waals surface area contributed by atoms with Crippen molar-refractivity contribution in [1.82, 2.24) is 0 Å². The predicted octanol–water partition coefficient (Wildman–Crippen LogP) is 4.57. The van der Waals surface area contributed by atoms with E-state index in [0.29, 0.717) is 30.6 Å². The van der Waals surface area contributed by atoms with E-state index in [2.05, 4.69) is 0 Å². The normalized spacial score (nSPS) is 18.4. The van der Waals surface area contributed by atoms with Crippen molar-refractivity contribution in [2.45, 2.75) is 45.8 Å². The van der Waals surface area contributed by atoms with Crippen LogP contribution in [0.5, 0.6) is 5.75 Å². The molecule has 2 aromatic carbocycles. The molecule has 1 saturated heterocycles. The van der Waals surface area contributed by atoms with Crippen LogP contribution in [-0.4, -0.2) is 24.5 Å². The standard InChI is InChI=1S/C23H25O5.Ac/c1-4-26-19-9-7-17(8-10-19)23(25)21-13-18(6-5-15(21)2)22-14-20(11-12-27-22)28-16(3)24;/h5-10,12-13,20,22H,4,11,14H2,1-3H3;/q-1;. The van der Waals surface area contributed by atoms with Crippen LogP contribution in [0.15, 0.2) is 42.5 Å². The van der Waals surface area contributed by atoms with E-state index in [9.17, 15) is 9.59 Å². The summed E-state index contributed by atoms with van der Waals surface area (Å²) in [5, 5.41) is 0. The number of carbonyl (C=O) groups is 2. The number of esters is 1. The summed E-state index contributed by atoms with van der Waals surface area (Å²) in [5.41, 5.74) is 3.05. The average Bonchev–Trinajstić information content (AvgIpc) is 2.68. The molecule has 0 saturated carbocycles. The molecule has 2 unspecified atom stereocenters. The number of ketones is 1. The van der Waals surface area contributed by atoms with Crippen LogP contribution in [0.2, 0.25) is 0 Å². The molecule has 1 heterocycles. The molecule has 0 spiro atoms. The van der Waals surface area contributed by atoms with Crippen molar-refractivity contribution in [3.05, 3.63) is 71.3 Å². The van der Waals surface area contributed by atoms with Crippen LogP contribution >= 0.6 is 0 Å². The monoisotopic (exact) mass is 608 g/mol. The van der Waals surface area contributed by atoms with Gasteiger partial charge in [0.2, 0.25) is 0 Å². The second-order valence-corrected chi connectivity index (χ2v) is 6.86. The molecule has 0 bridgehead atoms. The maximum absolute atomic E-state index is 13.0. The van der Waals surface area contributed by atoms with Crippen LogP contribution in [0.3, 0.4) is 0 Å². The largest absolute Gasteiger partial charge is 0.546 e. The average molecular weight is 608 g/mol. The molecule has 6 heteroatoms. The maximum atomic E-state index is 13.0. The van der Waals surface area contributed by atoms with Crippen LogP contribution in [0, 0.1) is 57.6 Å². The van der Waals surface area contributed by atoms with Crippen LogP contribution in [0.1, 0.15) is 59.8 Å². The Morgan fingerprint density at radius 3 is 2.55 bits per heavy atom. The van der Waals surface area contributed by atoms with E-state index in [1.54, 1.807) is 30.9 Å². The Balaban J connectivity index is 0.00000300. The summed E-state index contributed by atoms with van der Waals surface area (Å²) in [5.74, 6) is 0.403. The Labute approximate surface area is 207 Å². The first-order valence-corrected chi connectivity index (χ1v) is 9.50. The molecule has 29 heavy (non-hydrogen) atoms. The molecule has 0 N–H and O–H groups in total. The van der Waals surface area contributed by atoms with Gasteiger partial charge in [-0.1, -0.05) is 12.1 Å². The van der Waals surface area contributed by atoms with E-state index in [1.165, 1.54) is 6.92 Å². The minimum Gasteiger partial charge on any atom is -0.546 e. The van der Waals surface area contributed by atoms with Crippen LogP contribution in [0.25, 0.3) is 0 Å². The van der Waals surface area contributed by atoms with E-state index < -0.39 is 0 Å². The Hall–Kier alpha value is -1.22. The third-order valence-electron chi connectivity index (χ3n) is 4.73. The van der Waals surface area contributed by atoms with Gasteiger partial charge >= 0.3 is 5.97 Å². The van der Waals surface area contributed by atoms with Crippen molar-refractivity contribution in [2.75, 3.05) is 6.61 Å². The molecule has 3 rings (SSSR count). The van der Waals surface area contributed by atoms with Gasteiger partial charge in [-0.2, -0.15) is 0 Å². The number of benzene rings is 2. The molecular weight excluding hydrogens is 583 g/mol. The number of hydrogen-bond donors (Lipinski definition) is 0. The number of ether oxygens (including phenoxy) is 3. The van der Waals surface area contributed by atoms with Crippen molar-refractivity contribution < 1.29 is 67.9 Å². The van der Waals surface area contributed by atoms with Crippen LogP contribution in [0.4, 0.5) is 0 Å². The van der Waals surface area contributed by atoms with Crippen LogP contribution < -0.4 is 4.74 Å². The van der Waals surface area contributed by atoms with E-state index in [0.717, 1.165) is 16.9 Å². The molecule has 5 nitrogen and oxygen atoms in total. The molecule has 0 amide bonds.